The van der Waals surface area contributed by atoms with E-state index in [0.717, 1.165) is 11.1 Å². The number of ether oxygens (including phenoxy) is 1. The molecule has 5 rings (SSSR count). The lowest BCUT2D eigenvalue weighted by molar-refractivity contribution is -0.143. The van der Waals surface area contributed by atoms with Crippen molar-refractivity contribution in [2.24, 2.45) is 4.99 Å². The van der Waals surface area contributed by atoms with Crippen molar-refractivity contribution in [3.8, 4) is 11.3 Å². The van der Waals surface area contributed by atoms with Crippen molar-refractivity contribution < 1.29 is 13.9 Å². The van der Waals surface area contributed by atoms with Gasteiger partial charge in [0.25, 0.3) is 5.56 Å². The van der Waals surface area contributed by atoms with Crippen molar-refractivity contribution in [1.82, 2.24) is 4.57 Å². The Hall–Kier alpha value is -3.39. The van der Waals surface area contributed by atoms with Crippen molar-refractivity contribution in [1.29, 1.82) is 0 Å². The van der Waals surface area contributed by atoms with Gasteiger partial charge in [0, 0.05) is 21.7 Å². The molecule has 0 bridgehead atoms. The van der Waals surface area contributed by atoms with Crippen LogP contribution in [0.5, 0.6) is 0 Å². The van der Waals surface area contributed by atoms with E-state index in [1.54, 1.807) is 63.2 Å². The Morgan fingerprint density at radius 2 is 1.86 bits per heavy atom. The summed E-state index contributed by atoms with van der Waals surface area (Å²) in [5.41, 5.74) is 2.09. The van der Waals surface area contributed by atoms with Gasteiger partial charge in [-0.15, -0.1) is 0 Å². The summed E-state index contributed by atoms with van der Waals surface area (Å²) in [4.78, 5) is 31.9. The maximum atomic E-state index is 13.7. The molecule has 1 atom stereocenters. The Morgan fingerprint density at radius 1 is 1.11 bits per heavy atom. The highest BCUT2D eigenvalue weighted by Gasteiger charge is 2.33. The van der Waals surface area contributed by atoms with Gasteiger partial charge in [-0.1, -0.05) is 58.8 Å². The molecule has 0 radical (unpaired) electrons. The molecular formula is C28H22Cl2N2O4S. The molecule has 6 nitrogen and oxygen atoms in total. The molecule has 0 amide bonds. The summed E-state index contributed by atoms with van der Waals surface area (Å²) in [5, 5.41) is 1.16. The Labute approximate surface area is 226 Å². The number of thiazole rings is 1. The number of aromatic nitrogens is 1. The molecule has 9 heteroatoms. The summed E-state index contributed by atoms with van der Waals surface area (Å²) in [6.07, 6.45) is 1.36. The smallest absolute Gasteiger partial charge is 0.338 e. The van der Waals surface area contributed by atoms with Crippen LogP contribution in [0.1, 0.15) is 38.1 Å². The third-order valence-corrected chi connectivity index (χ3v) is 7.25. The van der Waals surface area contributed by atoms with Gasteiger partial charge in [0.1, 0.15) is 11.5 Å². The molecule has 0 N–H and O–H groups in total. The number of carbonyl (C=O) groups is 1. The van der Waals surface area contributed by atoms with E-state index in [0.29, 0.717) is 42.2 Å². The van der Waals surface area contributed by atoms with E-state index in [4.69, 9.17) is 32.4 Å². The fourth-order valence-corrected chi connectivity index (χ4v) is 5.52. The van der Waals surface area contributed by atoms with Crippen molar-refractivity contribution in [2.75, 3.05) is 0 Å². The van der Waals surface area contributed by atoms with Crippen molar-refractivity contribution in [3.05, 3.63) is 113 Å². The number of hydrogen-bond acceptors (Lipinski definition) is 6. The number of rotatable bonds is 5. The van der Waals surface area contributed by atoms with Gasteiger partial charge in [-0.05, 0) is 62.7 Å². The molecule has 2 aromatic heterocycles. The lowest BCUT2D eigenvalue weighted by Gasteiger charge is -2.25. The van der Waals surface area contributed by atoms with Gasteiger partial charge >= 0.3 is 5.97 Å². The Kier molecular flexibility index (Phi) is 6.94. The standard InChI is InChI=1S/C28H22Cl2N2O4S/c1-15(2)35-27(34)24-16(3)31-28-32(25(24)17-7-9-19(29)10-8-17)26(33)23(37-28)14-21-11-12-22(36-21)18-5-4-6-20(30)13-18/h4-15,25H,1-3H3/b23-14-. The summed E-state index contributed by atoms with van der Waals surface area (Å²) in [6, 6.07) is 17.3. The zero-order chi connectivity index (χ0) is 26.3. The highest BCUT2D eigenvalue weighted by molar-refractivity contribution is 7.07. The van der Waals surface area contributed by atoms with Crippen molar-refractivity contribution >= 4 is 46.6 Å². The van der Waals surface area contributed by atoms with Crippen molar-refractivity contribution in [2.45, 2.75) is 32.9 Å². The van der Waals surface area contributed by atoms with Gasteiger partial charge in [0.2, 0.25) is 0 Å². The van der Waals surface area contributed by atoms with E-state index in [9.17, 15) is 9.59 Å². The third kappa shape index (κ3) is 5.07. The summed E-state index contributed by atoms with van der Waals surface area (Å²) in [5.74, 6) is 0.635. The van der Waals surface area contributed by atoms with E-state index >= 15 is 0 Å². The highest BCUT2D eigenvalue weighted by Crippen LogP contribution is 2.31. The molecular weight excluding hydrogens is 531 g/mol. The predicted octanol–water partition coefficient (Wildman–Crippen LogP) is 5.75. The number of halogens is 2. The minimum Gasteiger partial charge on any atom is -0.459 e. The molecule has 37 heavy (non-hydrogen) atoms. The molecule has 0 fully saturated rings. The lowest BCUT2D eigenvalue weighted by Crippen LogP contribution is -2.40. The van der Waals surface area contributed by atoms with Crippen LogP contribution in [0, 0.1) is 0 Å². The molecule has 188 valence electrons. The summed E-state index contributed by atoms with van der Waals surface area (Å²) in [6.45, 7) is 5.31. The molecule has 0 saturated heterocycles. The van der Waals surface area contributed by atoms with Gasteiger partial charge in [-0.2, -0.15) is 0 Å². The summed E-state index contributed by atoms with van der Waals surface area (Å²) >= 11 is 13.5. The molecule has 1 aliphatic heterocycles. The van der Waals surface area contributed by atoms with Gasteiger partial charge in [0.05, 0.1) is 27.9 Å². The predicted molar refractivity (Wildman–Crippen MR) is 146 cm³/mol. The number of furan rings is 1. The molecule has 4 aromatic rings. The first-order valence-electron chi connectivity index (χ1n) is 11.6. The van der Waals surface area contributed by atoms with E-state index in [1.165, 1.54) is 15.9 Å². The Balaban J connectivity index is 1.63. The van der Waals surface area contributed by atoms with Crippen LogP contribution in [0.15, 0.2) is 86.1 Å². The maximum absolute atomic E-state index is 13.7. The first kappa shape index (κ1) is 25.3. The van der Waals surface area contributed by atoms with Crippen LogP contribution >= 0.6 is 34.5 Å². The summed E-state index contributed by atoms with van der Waals surface area (Å²) < 4.78 is 13.5. The number of fused-ring (bicyclic) bond motifs is 1. The first-order valence-corrected chi connectivity index (χ1v) is 13.1. The molecule has 0 spiro atoms. The highest BCUT2D eigenvalue weighted by atomic mass is 35.5. The number of allylic oxidation sites excluding steroid dienone is 1. The van der Waals surface area contributed by atoms with Crippen LogP contribution in [-0.2, 0) is 9.53 Å². The van der Waals surface area contributed by atoms with E-state index in [1.807, 2.05) is 24.3 Å². The van der Waals surface area contributed by atoms with Gasteiger partial charge in [-0.25, -0.2) is 9.79 Å². The van der Waals surface area contributed by atoms with Gasteiger partial charge in [-0.3, -0.25) is 9.36 Å². The lowest BCUT2D eigenvalue weighted by atomic mass is 9.96. The monoisotopic (exact) mass is 552 g/mol. The molecule has 0 aliphatic carbocycles. The number of benzene rings is 2. The molecule has 3 heterocycles. The number of carbonyl (C=O) groups excluding carboxylic acids is 1. The zero-order valence-electron chi connectivity index (χ0n) is 20.2. The zero-order valence-corrected chi connectivity index (χ0v) is 22.5. The number of esters is 1. The Morgan fingerprint density at radius 3 is 2.57 bits per heavy atom. The number of nitrogens with zero attached hydrogens (tertiary/aromatic N) is 2. The van der Waals surface area contributed by atoms with Crippen LogP contribution < -0.4 is 14.9 Å². The SMILES string of the molecule is CC1=C(C(=O)OC(C)C)C(c2ccc(Cl)cc2)n2c(s/c(=C\c3ccc(-c4cccc(Cl)c4)o3)c2=O)=N1. The first-order chi connectivity index (χ1) is 17.7. The fraction of sp³-hybridized carbons (Fsp3) is 0.179. The maximum Gasteiger partial charge on any atom is 0.338 e. The minimum atomic E-state index is -0.708. The second-order valence-electron chi connectivity index (χ2n) is 8.80. The molecule has 1 aliphatic rings. The van der Waals surface area contributed by atoms with E-state index in [2.05, 4.69) is 4.99 Å². The summed E-state index contributed by atoms with van der Waals surface area (Å²) in [7, 11) is 0. The van der Waals surface area contributed by atoms with Crippen LogP contribution in [0.2, 0.25) is 10.0 Å². The van der Waals surface area contributed by atoms with Gasteiger partial charge < -0.3 is 9.15 Å². The van der Waals surface area contributed by atoms with Crippen LogP contribution in [-0.4, -0.2) is 16.6 Å². The van der Waals surface area contributed by atoms with Crippen LogP contribution in [0.4, 0.5) is 0 Å². The number of hydrogen-bond donors (Lipinski definition) is 0. The third-order valence-electron chi connectivity index (χ3n) is 5.78. The van der Waals surface area contributed by atoms with Crippen LogP contribution in [0.25, 0.3) is 17.4 Å². The molecule has 2 aromatic carbocycles. The minimum absolute atomic E-state index is 0.285. The second kappa shape index (κ2) is 10.2. The topological polar surface area (TPSA) is 73.8 Å². The average Bonchev–Trinajstić information content (AvgIpc) is 3.43. The fourth-order valence-electron chi connectivity index (χ4n) is 4.18. The molecule has 0 saturated carbocycles. The Bertz CT molecular complexity index is 1710. The normalized spacial score (nSPS) is 15.6. The molecule has 1 unspecified atom stereocenters. The van der Waals surface area contributed by atoms with E-state index in [-0.39, 0.29) is 11.7 Å². The van der Waals surface area contributed by atoms with Crippen LogP contribution in [0.3, 0.4) is 0 Å². The largest absolute Gasteiger partial charge is 0.459 e. The van der Waals surface area contributed by atoms with E-state index < -0.39 is 12.0 Å². The van der Waals surface area contributed by atoms with Gasteiger partial charge in [0.15, 0.2) is 4.80 Å². The average molecular weight is 553 g/mol. The second-order valence-corrected chi connectivity index (χ2v) is 10.7. The van der Waals surface area contributed by atoms with Crippen molar-refractivity contribution in [3.63, 3.8) is 0 Å². The quantitative estimate of drug-likeness (QED) is 0.295.